The van der Waals surface area contributed by atoms with E-state index in [0.717, 1.165) is 22.4 Å². The van der Waals surface area contributed by atoms with Gasteiger partial charge in [-0.05, 0) is 118 Å². The number of esters is 1. The van der Waals surface area contributed by atoms with Crippen LogP contribution in [0.2, 0.25) is 0 Å². The second-order valence-corrected chi connectivity index (χ2v) is 10.7. The second kappa shape index (κ2) is 9.13. The first-order chi connectivity index (χ1) is 18.7. The maximum atomic E-state index is 11.8. The fraction of sp³-hybridized carbons (Fsp3) is 0.194. The van der Waals surface area contributed by atoms with Crippen molar-refractivity contribution >= 4 is 16.7 Å². The van der Waals surface area contributed by atoms with Crippen LogP contribution >= 0.6 is 0 Å². The van der Waals surface area contributed by atoms with E-state index in [1.165, 1.54) is 56.6 Å². The summed E-state index contributed by atoms with van der Waals surface area (Å²) in [6.07, 6.45) is 0. The molecular weight excluding hydrogens is 480 g/mol. The Labute approximate surface area is 230 Å². The molecule has 194 valence electrons. The number of carbonyl (C=O) groups is 1. The van der Waals surface area contributed by atoms with Crippen molar-refractivity contribution in [2.24, 2.45) is 0 Å². The number of carbonyl (C=O) groups excluding carboxylic acids is 1. The van der Waals surface area contributed by atoms with Crippen molar-refractivity contribution in [2.45, 2.75) is 40.0 Å². The van der Waals surface area contributed by atoms with E-state index in [1.807, 2.05) is 13.0 Å². The summed E-state index contributed by atoms with van der Waals surface area (Å²) in [5.41, 5.74) is 11.3. The summed E-state index contributed by atoms with van der Waals surface area (Å²) in [5.74, 6) is 1.14. The number of benzene rings is 5. The second-order valence-electron chi connectivity index (χ2n) is 10.7. The van der Waals surface area contributed by atoms with Crippen molar-refractivity contribution in [3.63, 3.8) is 0 Å². The largest absolute Gasteiger partial charge is 0.496 e. The minimum atomic E-state index is -0.566. The highest BCUT2D eigenvalue weighted by atomic mass is 16.5. The Kier molecular flexibility index (Phi) is 5.84. The van der Waals surface area contributed by atoms with Crippen LogP contribution in [0.15, 0.2) is 84.9 Å². The standard InChI is InChI=1S/C36H32O3/c1-21-17-30-31-19-26-9-7-8-10-27(26)20-33(31)36(32(30)18-22(21)2,28-11-13-34(38-6)23(3)15-28)29-12-14-35(24(4)16-29)39-25(5)37/h7-20H,1-6H3. The van der Waals surface area contributed by atoms with E-state index in [0.29, 0.717) is 5.75 Å². The summed E-state index contributed by atoms with van der Waals surface area (Å²) in [6.45, 7) is 9.92. The van der Waals surface area contributed by atoms with Crippen LogP contribution in [0.25, 0.3) is 21.9 Å². The van der Waals surface area contributed by atoms with Crippen molar-refractivity contribution in [1.29, 1.82) is 0 Å². The van der Waals surface area contributed by atoms with Gasteiger partial charge in [0.1, 0.15) is 11.5 Å². The van der Waals surface area contributed by atoms with Gasteiger partial charge in [-0.3, -0.25) is 4.79 Å². The number of rotatable bonds is 4. The van der Waals surface area contributed by atoms with Gasteiger partial charge in [0.2, 0.25) is 0 Å². The minimum absolute atomic E-state index is 0.319. The molecule has 0 aliphatic heterocycles. The summed E-state index contributed by atoms with van der Waals surface area (Å²) < 4.78 is 11.2. The zero-order valence-corrected chi connectivity index (χ0v) is 23.3. The third-order valence-electron chi connectivity index (χ3n) is 8.31. The highest BCUT2D eigenvalue weighted by molar-refractivity contribution is 5.96. The normalized spacial score (nSPS) is 15.6. The number of hydrogen-bond donors (Lipinski definition) is 0. The van der Waals surface area contributed by atoms with Gasteiger partial charge >= 0.3 is 5.97 Å². The molecule has 5 aromatic rings. The van der Waals surface area contributed by atoms with Crippen molar-refractivity contribution in [3.8, 4) is 22.6 Å². The third-order valence-corrected chi connectivity index (χ3v) is 8.31. The van der Waals surface area contributed by atoms with Crippen LogP contribution in [0.1, 0.15) is 51.4 Å². The van der Waals surface area contributed by atoms with Gasteiger partial charge in [0.05, 0.1) is 12.5 Å². The molecule has 1 aliphatic carbocycles. The molecule has 3 nitrogen and oxygen atoms in total. The first-order valence-corrected chi connectivity index (χ1v) is 13.3. The smallest absolute Gasteiger partial charge is 0.308 e. The van der Waals surface area contributed by atoms with E-state index in [1.54, 1.807) is 7.11 Å². The summed E-state index contributed by atoms with van der Waals surface area (Å²) in [4.78, 5) is 11.8. The molecule has 6 rings (SSSR count). The number of fused-ring (bicyclic) bond motifs is 4. The van der Waals surface area contributed by atoms with E-state index in [-0.39, 0.29) is 5.97 Å². The molecule has 0 spiro atoms. The maximum Gasteiger partial charge on any atom is 0.308 e. The van der Waals surface area contributed by atoms with Gasteiger partial charge in [0.15, 0.2) is 0 Å². The Morgan fingerprint density at radius 2 is 1.15 bits per heavy atom. The molecule has 0 radical (unpaired) electrons. The molecular formula is C36H32O3. The van der Waals surface area contributed by atoms with Crippen LogP contribution in [0, 0.1) is 27.7 Å². The first kappa shape index (κ1) is 24.9. The Morgan fingerprint density at radius 3 is 1.74 bits per heavy atom. The van der Waals surface area contributed by atoms with E-state index in [4.69, 9.17) is 9.47 Å². The Morgan fingerprint density at radius 1 is 0.615 bits per heavy atom. The predicted molar refractivity (Wildman–Crippen MR) is 158 cm³/mol. The zero-order chi connectivity index (χ0) is 27.5. The summed E-state index contributed by atoms with van der Waals surface area (Å²) in [7, 11) is 1.72. The van der Waals surface area contributed by atoms with Crippen molar-refractivity contribution < 1.29 is 14.3 Å². The molecule has 0 aromatic heterocycles. The molecule has 3 heteroatoms. The van der Waals surface area contributed by atoms with Gasteiger partial charge in [-0.2, -0.15) is 0 Å². The quantitative estimate of drug-likeness (QED) is 0.176. The topological polar surface area (TPSA) is 35.5 Å². The molecule has 0 saturated carbocycles. The van der Waals surface area contributed by atoms with Gasteiger partial charge < -0.3 is 9.47 Å². The van der Waals surface area contributed by atoms with E-state index >= 15 is 0 Å². The molecule has 5 aromatic carbocycles. The molecule has 0 amide bonds. The lowest BCUT2D eigenvalue weighted by Crippen LogP contribution is -2.29. The average Bonchev–Trinajstić information content (AvgIpc) is 3.17. The van der Waals surface area contributed by atoms with Crippen LogP contribution in [-0.2, 0) is 10.2 Å². The van der Waals surface area contributed by atoms with Gasteiger partial charge in [-0.1, -0.05) is 60.7 Å². The molecule has 39 heavy (non-hydrogen) atoms. The Bertz CT molecular complexity index is 1800. The summed E-state index contributed by atoms with van der Waals surface area (Å²) in [6, 6.07) is 30.8. The molecule has 0 N–H and O–H groups in total. The predicted octanol–water partition coefficient (Wildman–Crippen LogP) is 8.37. The molecule has 0 heterocycles. The van der Waals surface area contributed by atoms with Crippen molar-refractivity contribution in [3.05, 3.63) is 129 Å². The van der Waals surface area contributed by atoms with Gasteiger partial charge in [-0.15, -0.1) is 0 Å². The zero-order valence-electron chi connectivity index (χ0n) is 23.3. The molecule has 0 saturated heterocycles. The molecule has 1 atom stereocenters. The van der Waals surface area contributed by atoms with Crippen LogP contribution in [-0.4, -0.2) is 13.1 Å². The molecule has 0 fully saturated rings. The number of hydrogen-bond acceptors (Lipinski definition) is 3. The lowest BCUT2D eigenvalue weighted by atomic mass is 9.66. The first-order valence-electron chi connectivity index (χ1n) is 13.3. The average molecular weight is 513 g/mol. The lowest BCUT2D eigenvalue weighted by Gasteiger charge is -2.35. The highest BCUT2D eigenvalue weighted by Gasteiger charge is 2.47. The number of aryl methyl sites for hydroxylation is 4. The summed E-state index contributed by atoms with van der Waals surface area (Å²) >= 11 is 0. The number of methoxy groups -OCH3 is 1. The van der Waals surface area contributed by atoms with Crippen LogP contribution in [0.3, 0.4) is 0 Å². The fourth-order valence-corrected chi connectivity index (χ4v) is 6.32. The minimum Gasteiger partial charge on any atom is -0.496 e. The molecule has 1 unspecified atom stereocenters. The highest BCUT2D eigenvalue weighted by Crippen LogP contribution is 2.58. The van der Waals surface area contributed by atoms with E-state index < -0.39 is 5.41 Å². The fourth-order valence-electron chi connectivity index (χ4n) is 6.32. The Hall–Kier alpha value is -4.37. The molecule has 0 bridgehead atoms. The van der Waals surface area contributed by atoms with Crippen LogP contribution in [0.4, 0.5) is 0 Å². The molecule has 1 aliphatic rings. The van der Waals surface area contributed by atoms with Crippen molar-refractivity contribution in [2.75, 3.05) is 7.11 Å². The van der Waals surface area contributed by atoms with E-state index in [9.17, 15) is 4.79 Å². The maximum absolute atomic E-state index is 11.8. The van der Waals surface area contributed by atoms with Crippen LogP contribution in [0.5, 0.6) is 11.5 Å². The van der Waals surface area contributed by atoms with Crippen molar-refractivity contribution in [1.82, 2.24) is 0 Å². The summed E-state index contributed by atoms with van der Waals surface area (Å²) in [5, 5.41) is 2.43. The Balaban J connectivity index is 1.78. The lowest BCUT2D eigenvalue weighted by molar-refractivity contribution is -0.131. The van der Waals surface area contributed by atoms with Crippen LogP contribution < -0.4 is 9.47 Å². The van der Waals surface area contributed by atoms with Gasteiger partial charge in [-0.25, -0.2) is 0 Å². The van der Waals surface area contributed by atoms with Gasteiger partial charge in [0, 0.05) is 6.92 Å². The van der Waals surface area contributed by atoms with E-state index in [2.05, 4.69) is 99.6 Å². The van der Waals surface area contributed by atoms with Gasteiger partial charge in [0.25, 0.3) is 0 Å². The monoisotopic (exact) mass is 512 g/mol. The SMILES string of the molecule is COc1ccc(C2(c3ccc(OC(C)=O)c(C)c3)c3cc(C)c(C)cc3-c3cc4ccccc4cc32)cc1C. The number of ether oxygens (including phenoxy) is 2. The third kappa shape index (κ3) is 3.76.